The van der Waals surface area contributed by atoms with E-state index in [2.05, 4.69) is 26.0 Å². The Kier molecular flexibility index (Phi) is 7.18. The number of unbranched alkanes of at least 4 members (excludes halogenated alkanes) is 2. The zero-order valence-electron chi connectivity index (χ0n) is 10.9. The fourth-order valence-electron chi connectivity index (χ4n) is 1.58. The van der Waals surface area contributed by atoms with Crippen molar-refractivity contribution in [2.45, 2.75) is 25.7 Å². The minimum Gasteiger partial charge on any atom is -0.469 e. The van der Waals surface area contributed by atoms with Gasteiger partial charge in [0.15, 0.2) is 0 Å². The van der Waals surface area contributed by atoms with E-state index in [1.165, 1.54) is 7.11 Å². The molecule has 5 heteroatoms. The van der Waals surface area contributed by atoms with Crippen molar-refractivity contribution in [3.63, 3.8) is 0 Å². The molecule has 19 heavy (non-hydrogen) atoms. The van der Waals surface area contributed by atoms with Crippen LogP contribution in [0.25, 0.3) is 0 Å². The highest BCUT2D eigenvalue weighted by molar-refractivity contribution is 9.10. The zero-order chi connectivity index (χ0) is 14.1. The fourth-order valence-corrected chi connectivity index (χ4v) is 1.84. The van der Waals surface area contributed by atoms with Crippen LogP contribution in [0.15, 0.2) is 28.7 Å². The molecule has 1 aromatic carbocycles. The lowest BCUT2D eigenvalue weighted by Crippen LogP contribution is -2.24. The molecule has 4 nitrogen and oxygen atoms in total. The molecular weight excluding hydrogens is 310 g/mol. The Morgan fingerprint density at radius 1 is 1.16 bits per heavy atom. The summed E-state index contributed by atoms with van der Waals surface area (Å²) in [6.07, 6.45) is 2.99. The third kappa shape index (κ3) is 6.38. The van der Waals surface area contributed by atoms with Gasteiger partial charge < -0.3 is 10.1 Å². The summed E-state index contributed by atoms with van der Waals surface area (Å²) in [5.74, 6) is -0.251. The minimum absolute atomic E-state index is 0.0690. The van der Waals surface area contributed by atoms with Gasteiger partial charge >= 0.3 is 5.97 Å². The quantitative estimate of drug-likeness (QED) is 0.618. The van der Waals surface area contributed by atoms with Gasteiger partial charge in [-0.05, 0) is 37.1 Å². The van der Waals surface area contributed by atoms with E-state index in [0.717, 1.165) is 23.7 Å². The number of methoxy groups -OCH3 is 1. The maximum atomic E-state index is 11.7. The Hall–Kier alpha value is -1.36. The molecule has 0 aromatic heterocycles. The van der Waals surface area contributed by atoms with Crippen LogP contribution in [-0.4, -0.2) is 25.5 Å². The molecule has 0 fully saturated rings. The van der Waals surface area contributed by atoms with Gasteiger partial charge in [0.25, 0.3) is 5.91 Å². The van der Waals surface area contributed by atoms with Gasteiger partial charge in [0.05, 0.1) is 7.11 Å². The molecule has 104 valence electrons. The number of esters is 1. The predicted octanol–water partition coefficient (Wildman–Crippen LogP) is 2.91. The Morgan fingerprint density at radius 2 is 1.84 bits per heavy atom. The van der Waals surface area contributed by atoms with Crippen LogP contribution in [-0.2, 0) is 9.53 Å². The van der Waals surface area contributed by atoms with Crippen molar-refractivity contribution >= 4 is 27.8 Å². The van der Waals surface area contributed by atoms with E-state index in [1.807, 2.05) is 12.1 Å². The Labute approximate surface area is 121 Å². The summed E-state index contributed by atoms with van der Waals surface area (Å²) in [5, 5.41) is 2.85. The van der Waals surface area contributed by atoms with Gasteiger partial charge in [-0.15, -0.1) is 0 Å². The summed E-state index contributed by atoms with van der Waals surface area (Å²) in [6, 6.07) is 7.23. The Balaban J connectivity index is 2.14. The van der Waals surface area contributed by atoms with Crippen molar-refractivity contribution in [3.05, 3.63) is 34.3 Å². The summed E-state index contributed by atoms with van der Waals surface area (Å²) >= 11 is 3.32. The Bertz CT molecular complexity index is 417. The van der Waals surface area contributed by atoms with E-state index in [9.17, 15) is 9.59 Å². The van der Waals surface area contributed by atoms with Crippen molar-refractivity contribution in [2.75, 3.05) is 13.7 Å². The van der Waals surface area contributed by atoms with Crippen LogP contribution >= 0.6 is 15.9 Å². The lowest BCUT2D eigenvalue weighted by atomic mass is 10.2. The highest BCUT2D eigenvalue weighted by Gasteiger charge is 2.04. The maximum absolute atomic E-state index is 11.7. The Morgan fingerprint density at radius 3 is 2.47 bits per heavy atom. The molecule has 1 aromatic rings. The second-order valence-corrected chi connectivity index (χ2v) is 5.07. The van der Waals surface area contributed by atoms with Gasteiger partial charge in [0.2, 0.25) is 0 Å². The van der Waals surface area contributed by atoms with E-state index in [-0.39, 0.29) is 11.9 Å². The third-order valence-electron chi connectivity index (χ3n) is 2.68. The molecule has 1 rings (SSSR count). The van der Waals surface area contributed by atoms with Crippen molar-refractivity contribution in [3.8, 4) is 0 Å². The predicted molar refractivity (Wildman–Crippen MR) is 77.0 cm³/mol. The molecule has 0 saturated carbocycles. The average molecular weight is 328 g/mol. The standard InChI is InChI=1S/C14H18BrNO3/c1-19-13(17)5-3-2-4-10-16-14(18)11-6-8-12(15)9-7-11/h6-9H,2-5,10H2,1H3,(H,16,18). The summed E-state index contributed by atoms with van der Waals surface area (Å²) in [5.41, 5.74) is 0.651. The highest BCUT2D eigenvalue weighted by atomic mass is 79.9. The molecule has 0 unspecified atom stereocenters. The third-order valence-corrected chi connectivity index (χ3v) is 3.21. The molecule has 0 spiro atoms. The van der Waals surface area contributed by atoms with Crippen LogP contribution in [0.5, 0.6) is 0 Å². The normalized spacial score (nSPS) is 10.0. The van der Waals surface area contributed by atoms with Crippen LogP contribution < -0.4 is 5.32 Å². The highest BCUT2D eigenvalue weighted by Crippen LogP contribution is 2.10. The second kappa shape index (κ2) is 8.69. The summed E-state index contributed by atoms with van der Waals surface area (Å²) in [6.45, 7) is 0.621. The molecule has 0 aliphatic heterocycles. The van der Waals surface area contributed by atoms with Crippen molar-refractivity contribution in [2.24, 2.45) is 0 Å². The van der Waals surface area contributed by atoms with Gasteiger partial charge in [-0.2, -0.15) is 0 Å². The molecule has 1 amide bonds. The van der Waals surface area contributed by atoms with Gasteiger partial charge in [-0.1, -0.05) is 22.4 Å². The number of rotatable bonds is 7. The largest absolute Gasteiger partial charge is 0.469 e. The van der Waals surface area contributed by atoms with E-state index in [0.29, 0.717) is 18.5 Å². The maximum Gasteiger partial charge on any atom is 0.305 e. The number of nitrogens with one attached hydrogen (secondary N) is 1. The smallest absolute Gasteiger partial charge is 0.305 e. The van der Waals surface area contributed by atoms with Gasteiger partial charge in [-0.3, -0.25) is 9.59 Å². The fraction of sp³-hybridized carbons (Fsp3) is 0.429. The molecule has 0 radical (unpaired) electrons. The van der Waals surface area contributed by atoms with E-state index < -0.39 is 0 Å². The first-order valence-electron chi connectivity index (χ1n) is 6.24. The average Bonchev–Trinajstić information content (AvgIpc) is 2.42. The SMILES string of the molecule is COC(=O)CCCCCNC(=O)c1ccc(Br)cc1. The van der Waals surface area contributed by atoms with Crippen molar-refractivity contribution in [1.82, 2.24) is 5.32 Å². The van der Waals surface area contributed by atoms with Crippen LogP contribution in [0.2, 0.25) is 0 Å². The van der Waals surface area contributed by atoms with Crippen LogP contribution in [0.3, 0.4) is 0 Å². The first-order valence-corrected chi connectivity index (χ1v) is 7.03. The summed E-state index contributed by atoms with van der Waals surface area (Å²) < 4.78 is 5.50. The number of carbonyl (C=O) groups is 2. The minimum atomic E-state index is -0.182. The first kappa shape index (κ1) is 15.7. The van der Waals surface area contributed by atoms with Gasteiger partial charge in [0.1, 0.15) is 0 Å². The van der Waals surface area contributed by atoms with Crippen molar-refractivity contribution in [1.29, 1.82) is 0 Å². The lowest BCUT2D eigenvalue weighted by Gasteiger charge is -2.05. The van der Waals surface area contributed by atoms with Crippen LogP contribution in [0.1, 0.15) is 36.0 Å². The molecular formula is C14H18BrNO3. The van der Waals surface area contributed by atoms with Crippen LogP contribution in [0.4, 0.5) is 0 Å². The summed E-state index contributed by atoms with van der Waals surface area (Å²) in [7, 11) is 1.39. The number of amides is 1. The second-order valence-electron chi connectivity index (χ2n) is 4.15. The van der Waals surface area contributed by atoms with E-state index in [1.54, 1.807) is 12.1 Å². The van der Waals surface area contributed by atoms with E-state index in [4.69, 9.17) is 0 Å². The summed E-state index contributed by atoms with van der Waals surface area (Å²) in [4.78, 5) is 22.6. The molecule has 0 bridgehead atoms. The van der Waals surface area contributed by atoms with Gasteiger partial charge in [-0.25, -0.2) is 0 Å². The van der Waals surface area contributed by atoms with Crippen LogP contribution in [0, 0.1) is 0 Å². The molecule has 0 saturated heterocycles. The zero-order valence-corrected chi connectivity index (χ0v) is 12.5. The molecule has 0 aliphatic carbocycles. The molecule has 1 N–H and O–H groups in total. The number of ether oxygens (including phenoxy) is 1. The number of hydrogen-bond donors (Lipinski definition) is 1. The van der Waals surface area contributed by atoms with Gasteiger partial charge in [0, 0.05) is 23.0 Å². The van der Waals surface area contributed by atoms with Crippen molar-refractivity contribution < 1.29 is 14.3 Å². The number of halogens is 1. The number of benzene rings is 1. The molecule has 0 aliphatic rings. The first-order chi connectivity index (χ1) is 9.13. The molecule has 0 heterocycles. The number of carbonyl (C=O) groups excluding carboxylic acids is 2. The molecule has 0 atom stereocenters. The monoisotopic (exact) mass is 327 g/mol. The lowest BCUT2D eigenvalue weighted by molar-refractivity contribution is -0.140. The van der Waals surface area contributed by atoms with E-state index >= 15 is 0 Å². The topological polar surface area (TPSA) is 55.4 Å². The number of hydrogen-bond acceptors (Lipinski definition) is 3.